The maximum atomic E-state index is 13.1. The van der Waals surface area contributed by atoms with Crippen molar-refractivity contribution in [3.05, 3.63) is 76.3 Å². The fourth-order valence-corrected chi connectivity index (χ4v) is 5.29. The molecule has 1 aromatic heterocycles. The summed E-state index contributed by atoms with van der Waals surface area (Å²) in [5.74, 6) is -1.34. The third-order valence-electron chi connectivity index (χ3n) is 7.79. The molecule has 2 aromatic carbocycles. The van der Waals surface area contributed by atoms with Crippen molar-refractivity contribution < 1.29 is 34.0 Å². The Bertz CT molecular complexity index is 1470. The number of fused-ring (bicyclic) bond motifs is 3. The molecule has 0 radical (unpaired) electrons. The van der Waals surface area contributed by atoms with Gasteiger partial charge in [-0.05, 0) is 28.2 Å². The summed E-state index contributed by atoms with van der Waals surface area (Å²) >= 11 is 0. The molecule has 0 spiro atoms. The van der Waals surface area contributed by atoms with Gasteiger partial charge in [-0.1, -0.05) is 68.8 Å². The molecule has 5 rings (SSSR count). The molecule has 42 heavy (non-hydrogen) atoms. The van der Waals surface area contributed by atoms with Gasteiger partial charge in [0.25, 0.3) is 0 Å². The Morgan fingerprint density at radius 2 is 1.69 bits per heavy atom. The van der Waals surface area contributed by atoms with Crippen LogP contribution in [-0.4, -0.2) is 74.6 Å². The van der Waals surface area contributed by atoms with Crippen molar-refractivity contribution in [2.24, 2.45) is 5.92 Å². The normalized spacial score (nSPS) is 22.6. The highest BCUT2D eigenvalue weighted by atomic mass is 16.6. The molecule has 1 saturated heterocycles. The van der Waals surface area contributed by atoms with Crippen molar-refractivity contribution in [1.82, 2.24) is 20.1 Å². The quantitative estimate of drug-likeness (QED) is 0.268. The summed E-state index contributed by atoms with van der Waals surface area (Å²) in [6.07, 6.45) is -4.71. The highest BCUT2D eigenvalue weighted by Crippen LogP contribution is 2.44. The number of rotatable bonds is 9. The first-order valence-corrected chi connectivity index (χ1v) is 13.7. The number of carbonyl (C=O) groups excluding carboxylic acids is 2. The second-order valence-electron chi connectivity index (χ2n) is 10.4. The molecule has 0 unspecified atom stereocenters. The van der Waals surface area contributed by atoms with Crippen LogP contribution >= 0.6 is 0 Å². The predicted molar refractivity (Wildman–Crippen MR) is 149 cm³/mol. The van der Waals surface area contributed by atoms with Gasteiger partial charge in [0.15, 0.2) is 6.23 Å². The highest BCUT2D eigenvalue weighted by Gasteiger charge is 2.46. The summed E-state index contributed by atoms with van der Waals surface area (Å²) in [7, 11) is 0. The van der Waals surface area contributed by atoms with Crippen LogP contribution in [0.15, 0.2) is 59.5 Å². The number of anilines is 1. The van der Waals surface area contributed by atoms with Crippen molar-refractivity contribution in [1.29, 1.82) is 0 Å². The van der Waals surface area contributed by atoms with Crippen LogP contribution < -0.4 is 16.7 Å². The van der Waals surface area contributed by atoms with Crippen LogP contribution in [0, 0.1) is 5.92 Å². The molecule has 5 N–H and O–H groups in total. The third-order valence-corrected chi connectivity index (χ3v) is 7.79. The fourth-order valence-electron chi connectivity index (χ4n) is 5.29. The van der Waals surface area contributed by atoms with Crippen molar-refractivity contribution in [3.63, 3.8) is 0 Å². The van der Waals surface area contributed by atoms with E-state index in [2.05, 4.69) is 15.4 Å². The number of amides is 1. The Morgan fingerprint density at radius 1 is 1.05 bits per heavy atom. The summed E-state index contributed by atoms with van der Waals surface area (Å²) in [4.78, 5) is 41.6. The number of nitrogens with one attached hydrogen (secondary N) is 1. The van der Waals surface area contributed by atoms with Crippen LogP contribution in [0.2, 0.25) is 0 Å². The van der Waals surface area contributed by atoms with Gasteiger partial charge >= 0.3 is 17.8 Å². The van der Waals surface area contributed by atoms with E-state index in [1.807, 2.05) is 55.5 Å². The van der Waals surface area contributed by atoms with E-state index in [1.165, 1.54) is 0 Å². The topological polar surface area (TPSA) is 188 Å². The van der Waals surface area contributed by atoms with Gasteiger partial charge in [0, 0.05) is 5.92 Å². The molecule has 13 heteroatoms. The van der Waals surface area contributed by atoms with E-state index in [9.17, 15) is 24.6 Å². The molecule has 2 heterocycles. The first-order chi connectivity index (χ1) is 20.2. The molecule has 1 aliphatic heterocycles. The first kappa shape index (κ1) is 29.2. The van der Waals surface area contributed by atoms with Crippen LogP contribution in [0.25, 0.3) is 11.1 Å². The minimum absolute atomic E-state index is 0.0803. The minimum Gasteiger partial charge on any atom is -0.461 e. The number of nitrogens with zero attached hydrogens (tertiary/aromatic N) is 3. The molecule has 1 amide bonds. The summed E-state index contributed by atoms with van der Waals surface area (Å²) in [6.45, 7) is 3.27. The summed E-state index contributed by atoms with van der Waals surface area (Å²) in [5, 5.41) is 27.3. The van der Waals surface area contributed by atoms with Gasteiger partial charge in [0.2, 0.25) is 0 Å². The molecule has 0 saturated carbocycles. The van der Waals surface area contributed by atoms with Crippen LogP contribution in [0.3, 0.4) is 0 Å². The number of ether oxygens (including phenoxy) is 3. The number of benzene rings is 2. The molecule has 3 aromatic rings. The molecular weight excluding hydrogens is 546 g/mol. The zero-order valence-electron chi connectivity index (χ0n) is 23.1. The second-order valence-corrected chi connectivity index (χ2v) is 10.4. The van der Waals surface area contributed by atoms with Gasteiger partial charge in [-0.15, -0.1) is 0 Å². The molecule has 2 aliphatic rings. The van der Waals surface area contributed by atoms with E-state index < -0.39 is 54.9 Å². The molecular formula is C29H33N5O8. The molecule has 6 atom stereocenters. The van der Waals surface area contributed by atoms with E-state index in [-0.39, 0.29) is 24.3 Å². The molecule has 222 valence electrons. The zero-order valence-corrected chi connectivity index (χ0v) is 23.1. The van der Waals surface area contributed by atoms with Gasteiger partial charge < -0.3 is 35.5 Å². The van der Waals surface area contributed by atoms with E-state index in [4.69, 9.17) is 19.9 Å². The van der Waals surface area contributed by atoms with Crippen LogP contribution in [0.1, 0.15) is 43.5 Å². The smallest absolute Gasteiger partial charge is 0.407 e. The van der Waals surface area contributed by atoms with E-state index in [0.717, 1.165) is 33.1 Å². The maximum Gasteiger partial charge on any atom is 0.407 e. The summed E-state index contributed by atoms with van der Waals surface area (Å²) in [6, 6.07) is 14.9. The Morgan fingerprint density at radius 3 is 2.31 bits per heavy atom. The van der Waals surface area contributed by atoms with Gasteiger partial charge in [-0.3, -0.25) is 0 Å². The number of nitrogen functional groups attached to an aromatic ring is 1. The number of hydrogen-bond acceptors (Lipinski definition) is 11. The molecule has 1 aliphatic carbocycles. The van der Waals surface area contributed by atoms with Crippen molar-refractivity contribution in [3.8, 4) is 11.1 Å². The average Bonchev–Trinajstić information content (AvgIpc) is 3.46. The van der Waals surface area contributed by atoms with Crippen LogP contribution in [0.4, 0.5) is 10.6 Å². The number of aliphatic hydroxyl groups excluding tert-OH is 2. The Kier molecular flexibility index (Phi) is 8.52. The highest BCUT2D eigenvalue weighted by molar-refractivity contribution is 5.82. The van der Waals surface area contributed by atoms with E-state index >= 15 is 0 Å². The predicted octanol–water partition coefficient (Wildman–Crippen LogP) is 1.34. The Labute approximate surface area is 241 Å². The zero-order chi connectivity index (χ0) is 30.0. The van der Waals surface area contributed by atoms with Gasteiger partial charge in [0.05, 0.1) is 6.20 Å². The van der Waals surface area contributed by atoms with E-state index in [0.29, 0.717) is 6.42 Å². The average molecular weight is 580 g/mol. The summed E-state index contributed by atoms with van der Waals surface area (Å²) in [5.41, 5.74) is 8.89. The van der Waals surface area contributed by atoms with Gasteiger partial charge in [0.1, 0.15) is 43.4 Å². The minimum atomic E-state index is -1.55. The fraction of sp³-hybridized carbons (Fsp3) is 0.414. The lowest BCUT2D eigenvalue weighted by molar-refractivity contribution is -0.154. The van der Waals surface area contributed by atoms with Crippen molar-refractivity contribution in [2.45, 2.75) is 56.8 Å². The number of nitrogens with two attached hydrogens (primary N) is 1. The molecule has 13 nitrogen and oxygen atoms in total. The lowest BCUT2D eigenvalue weighted by Gasteiger charge is -2.24. The lowest BCUT2D eigenvalue weighted by Crippen LogP contribution is -2.47. The molecule has 1 fully saturated rings. The number of aliphatic hydroxyl groups is 2. The third kappa shape index (κ3) is 5.71. The molecule has 0 bridgehead atoms. The van der Waals surface area contributed by atoms with Crippen LogP contribution in [0.5, 0.6) is 0 Å². The number of hydrogen-bond donors (Lipinski definition) is 4. The lowest BCUT2D eigenvalue weighted by atomic mass is 9.98. The van der Waals surface area contributed by atoms with Crippen molar-refractivity contribution >= 4 is 17.9 Å². The van der Waals surface area contributed by atoms with Crippen LogP contribution in [-0.2, 0) is 19.0 Å². The number of aromatic nitrogens is 3. The van der Waals surface area contributed by atoms with Gasteiger partial charge in [-0.25, -0.2) is 14.4 Å². The van der Waals surface area contributed by atoms with E-state index in [1.54, 1.807) is 6.92 Å². The standard InChI is InChI=1S/C29H33N5O8/c1-3-15(2)23(27(37)40-14-21-24(35)25(36)26(42-21)34-28(38)32-22(30)12-31-34)33-29(39)41-13-20-18-10-6-4-8-16(18)17-9-5-7-11-19(17)20/h4-12,15,20-21,23-26,35-36H,3,13-14H2,1-2H3,(H,33,39)(H2,30,32,38)/t15-,21+,23-,24+,25+,26+/m0/s1. The number of esters is 1. The second kappa shape index (κ2) is 12.3. The number of alkyl carbamates (subject to hydrolysis) is 1. The first-order valence-electron chi connectivity index (χ1n) is 13.7. The largest absolute Gasteiger partial charge is 0.461 e. The Hall–Kier alpha value is -4.33. The van der Waals surface area contributed by atoms with Crippen molar-refractivity contribution in [2.75, 3.05) is 18.9 Å². The summed E-state index contributed by atoms with van der Waals surface area (Å²) < 4.78 is 17.3. The monoisotopic (exact) mass is 579 g/mol. The Balaban J connectivity index is 1.20. The van der Waals surface area contributed by atoms with Gasteiger partial charge in [-0.2, -0.15) is 14.8 Å². The SMILES string of the molecule is CC[C@H](C)[C@H](NC(=O)OCC1c2ccccc2-c2ccccc21)C(=O)OC[C@H]1O[C@@H](n2ncc(N)nc2=O)[C@H](O)[C@@H]1O. The maximum absolute atomic E-state index is 13.1. The number of carbonyl (C=O) groups is 2.